The average molecular weight is 462 g/mol. The van der Waals surface area contributed by atoms with Crippen LogP contribution < -0.4 is 29.3 Å². The third-order valence-electron chi connectivity index (χ3n) is 5.63. The van der Waals surface area contributed by atoms with Crippen molar-refractivity contribution in [3.05, 3.63) is 76.1 Å². The lowest BCUT2D eigenvalue weighted by Crippen LogP contribution is -2.03. The quantitative estimate of drug-likeness (QED) is 0.325. The minimum Gasteiger partial charge on any atom is -0.497 e. The lowest BCUT2D eigenvalue weighted by atomic mass is 10.00. The standard InChI is InChI=1S/C27H26O7/c1-16-22(33-15-17-12-23(30-3)27(32-5)24(13-17)31-4)11-10-20-21(14-25(28)34-26(16)20)18-6-8-19(29-2)9-7-18/h6-14H,15H2,1-5H3. The first-order valence-corrected chi connectivity index (χ1v) is 10.6. The molecule has 0 N–H and O–H groups in total. The van der Waals surface area contributed by atoms with Gasteiger partial charge in [-0.3, -0.25) is 0 Å². The topological polar surface area (TPSA) is 76.4 Å². The van der Waals surface area contributed by atoms with Crippen LogP contribution in [-0.4, -0.2) is 28.4 Å². The summed E-state index contributed by atoms with van der Waals surface area (Å²) < 4.78 is 33.1. The molecule has 34 heavy (non-hydrogen) atoms. The maximum Gasteiger partial charge on any atom is 0.336 e. The Morgan fingerprint density at radius 2 is 1.44 bits per heavy atom. The first-order chi connectivity index (χ1) is 16.5. The molecular weight excluding hydrogens is 436 g/mol. The third-order valence-corrected chi connectivity index (χ3v) is 5.63. The Hall–Kier alpha value is -4.13. The number of aryl methyl sites for hydroxylation is 1. The van der Waals surface area contributed by atoms with Crippen molar-refractivity contribution in [2.45, 2.75) is 13.5 Å². The Bertz CT molecular complexity index is 1350. The molecule has 0 saturated heterocycles. The van der Waals surface area contributed by atoms with Gasteiger partial charge in [0.1, 0.15) is 23.7 Å². The second-order valence-electron chi connectivity index (χ2n) is 7.60. The van der Waals surface area contributed by atoms with E-state index in [0.717, 1.165) is 33.4 Å². The first-order valence-electron chi connectivity index (χ1n) is 10.6. The van der Waals surface area contributed by atoms with Crippen LogP contribution in [0.5, 0.6) is 28.7 Å². The first kappa shape index (κ1) is 23.0. The van der Waals surface area contributed by atoms with Crippen LogP contribution >= 0.6 is 0 Å². The summed E-state index contributed by atoms with van der Waals surface area (Å²) in [5.41, 5.74) is 3.31. The molecule has 1 aromatic heterocycles. The van der Waals surface area contributed by atoms with Gasteiger partial charge in [-0.05, 0) is 60.0 Å². The van der Waals surface area contributed by atoms with E-state index in [2.05, 4.69) is 0 Å². The zero-order valence-electron chi connectivity index (χ0n) is 19.8. The van der Waals surface area contributed by atoms with Gasteiger partial charge in [0.05, 0.1) is 28.4 Å². The second-order valence-corrected chi connectivity index (χ2v) is 7.60. The highest BCUT2D eigenvalue weighted by Crippen LogP contribution is 2.39. The van der Waals surface area contributed by atoms with E-state index in [-0.39, 0.29) is 6.61 Å². The Balaban J connectivity index is 1.69. The number of rotatable bonds is 8. The van der Waals surface area contributed by atoms with Gasteiger partial charge in [0.2, 0.25) is 5.75 Å². The molecule has 0 fully saturated rings. The predicted octanol–water partition coefficient (Wildman–Crippen LogP) is 5.38. The molecule has 176 valence electrons. The van der Waals surface area contributed by atoms with Gasteiger partial charge in [-0.1, -0.05) is 12.1 Å². The van der Waals surface area contributed by atoms with Crippen molar-refractivity contribution in [1.82, 2.24) is 0 Å². The van der Waals surface area contributed by atoms with E-state index < -0.39 is 5.63 Å². The number of hydrogen-bond donors (Lipinski definition) is 0. The second kappa shape index (κ2) is 9.79. The fourth-order valence-electron chi connectivity index (χ4n) is 3.89. The van der Waals surface area contributed by atoms with Crippen molar-refractivity contribution in [2.75, 3.05) is 28.4 Å². The maximum absolute atomic E-state index is 12.4. The van der Waals surface area contributed by atoms with E-state index in [1.165, 1.54) is 6.07 Å². The van der Waals surface area contributed by atoms with E-state index in [9.17, 15) is 4.79 Å². The third kappa shape index (κ3) is 4.37. The Kier molecular flexibility index (Phi) is 6.63. The van der Waals surface area contributed by atoms with Gasteiger partial charge in [-0.2, -0.15) is 0 Å². The number of methoxy groups -OCH3 is 4. The molecule has 7 heteroatoms. The van der Waals surface area contributed by atoms with Crippen LogP contribution in [0.3, 0.4) is 0 Å². The van der Waals surface area contributed by atoms with Crippen molar-refractivity contribution in [3.8, 4) is 39.9 Å². The SMILES string of the molecule is COc1ccc(-c2cc(=O)oc3c(C)c(OCc4cc(OC)c(OC)c(OC)c4)ccc23)cc1. The summed E-state index contributed by atoms with van der Waals surface area (Å²) in [4.78, 5) is 12.4. The molecule has 0 aliphatic carbocycles. The van der Waals surface area contributed by atoms with Gasteiger partial charge in [0.25, 0.3) is 0 Å². The molecule has 4 rings (SSSR count). The van der Waals surface area contributed by atoms with E-state index in [4.69, 9.17) is 28.1 Å². The van der Waals surface area contributed by atoms with E-state index in [0.29, 0.717) is 28.6 Å². The molecule has 0 atom stereocenters. The summed E-state index contributed by atoms with van der Waals surface area (Å²) in [6.45, 7) is 2.12. The van der Waals surface area contributed by atoms with Crippen LogP contribution in [0.1, 0.15) is 11.1 Å². The van der Waals surface area contributed by atoms with Crippen molar-refractivity contribution >= 4 is 11.0 Å². The highest BCUT2D eigenvalue weighted by atomic mass is 16.5. The molecule has 4 aromatic rings. The van der Waals surface area contributed by atoms with Crippen LogP contribution in [0.15, 0.2) is 63.8 Å². The van der Waals surface area contributed by atoms with E-state index in [1.807, 2.05) is 55.5 Å². The molecule has 7 nitrogen and oxygen atoms in total. The minimum atomic E-state index is -0.428. The monoisotopic (exact) mass is 462 g/mol. The highest BCUT2D eigenvalue weighted by molar-refractivity contribution is 5.95. The number of benzene rings is 3. The van der Waals surface area contributed by atoms with E-state index >= 15 is 0 Å². The number of ether oxygens (including phenoxy) is 5. The molecule has 0 unspecified atom stereocenters. The molecule has 1 heterocycles. The van der Waals surface area contributed by atoms with Gasteiger partial charge in [-0.15, -0.1) is 0 Å². The Labute approximate surface area is 197 Å². The van der Waals surface area contributed by atoms with Gasteiger partial charge < -0.3 is 28.1 Å². The lowest BCUT2D eigenvalue weighted by Gasteiger charge is -2.16. The van der Waals surface area contributed by atoms with Crippen molar-refractivity contribution < 1.29 is 28.1 Å². The number of fused-ring (bicyclic) bond motifs is 1. The zero-order valence-corrected chi connectivity index (χ0v) is 19.8. The lowest BCUT2D eigenvalue weighted by molar-refractivity contribution is 0.297. The summed E-state index contributed by atoms with van der Waals surface area (Å²) in [5, 5.41) is 0.822. The molecule has 0 aliphatic rings. The average Bonchev–Trinajstić information content (AvgIpc) is 2.87. The van der Waals surface area contributed by atoms with Crippen LogP contribution in [-0.2, 0) is 6.61 Å². The minimum absolute atomic E-state index is 0.255. The largest absolute Gasteiger partial charge is 0.497 e. The van der Waals surface area contributed by atoms with Crippen molar-refractivity contribution in [2.24, 2.45) is 0 Å². The molecule has 0 saturated carbocycles. The predicted molar refractivity (Wildman–Crippen MR) is 130 cm³/mol. The van der Waals surface area contributed by atoms with Crippen LogP contribution in [0.2, 0.25) is 0 Å². The Morgan fingerprint density at radius 3 is 2.03 bits per heavy atom. The summed E-state index contributed by atoms with van der Waals surface area (Å²) >= 11 is 0. The summed E-state index contributed by atoms with van der Waals surface area (Å²) in [5.74, 6) is 2.96. The fraction of sp³-hybridized carbons (Fsp3) is 0.222. The van der Waals surface area contributed by atoms with Crippen molar-refractivity contribution in [1.29, 1.82) is 0 Å². The summed E-state index contributed by atoms with van der Waals surface area (Å²) in [6.07, 6.45) is 0. The molecule has 0 radical (unpaired) electrons. The Morgan fingerprint density at radius 1 is 0.765 bits per heavy atom. The summed E-state index contributed by atoms with van der Waals surface area (Å²) in [7, 11) is 6.31. The maximum atomic E-state index is 12.4. The molecule has 3 aromatic carbocycles. The van der Waals surface area contributed by atoms with Crippen LogP contribution in [0.25, 0.3) is 22.1 Å². The van der Waals surface area contributed by atoms with Gasteiger partial charge in [0, 0.05) is 17.0 Å². The zero-order chi connectivity index (χ0) is 24.2. The molecule has 0 aliphatic heterocycles. The smallest absolute Gasteiger partial charge is 0.336 e. The fourth-order valence-corrected chi connectivity index (χ4v) is 3.89. The van der Waals surface area contributed by atoms with E-state index in [1.54, 1.807) is 28.4 Å². The molecule has 0 bridgehead atoms. The molecule has 0 spiro atoms. The van der Waals surface area contributed by atoms with Gasteiger partial charge in [0.15, 0.2) is 11.5 Å². The normalized spacial score (nSPS) is 10.7. The van der Waals surface area contributed by atoms with Gasteiger partial charge in [-0.25, -0.2) is 4.79 Å². The van der Waals surface area contributed by atoms with Gasteiger partial charge >= 0.3 is 5.63 Å². The van der Waals surface area contributed by atoms with Crippen LogP contribution in [0.4, 0.5) is 0 Å². The van der Waals surface area contributed by atoms with Crippen LogP contribution in [0, 0.1) is 6.92 Å². The van der Waals surface area contributed by atoms with Crippen molar-refractivity contribution in [3.63, 3.8) is 0 Å². The highest BCUT2D eigenvalue weighted by Gasteiger charge is 2.16. The number of hydrogen-bond acceptors (Lipinski definition) is 7. The molecule has 0 amide bonds. The summed E-state index contributed by atoms with van der Waals surface area (Å²) in [6, 6.07) is 16.5. The molecular formula is C27H26O7.